The molecule has 1 aromatic carbocycles. The third-order valence-electron chi connectivity index (χ3n) is 3.86. The van der Waals surface area contributed by atoms with Crippen molar-refractivity contribution in [2.75, 3.05) is 0 Å². The quantitative estimate of drug-likeness (QED) is 0.653. The van der Waals surface area contributed by atoms with E-state index in [1.807, 2.05) is 36.6 Å². The fourth-order valence-electron chi connectivity index (χ4n) is 2.60. The van der Waals surface area contributed by atoms with Crippen molar-refractivity contribution in [1.29, 1.82) is 0 Å². The van der Waals surface area contributed by atoms with E-state index < -0.39 is 13.0 Å². The maximum absolute atomic E-state index is 11.3. The van der Waals surface area contributed by atoms with E-state index in [9.17, 15) is 9.82 Å². The molecule has 0 fully saturated rings. The number of primary amides is 1. The number of aromatic nitrogens is 3. The van der Waals surface area contributed by atoms with Gasteiger partial charge in [0.15, 0.2) is 5.65 Å². The number of nitrogens with zero attached hydrogens (tertiary/aromatic N) is 3. The van der Waals surface area contributed by atoms with Crippen molar-refractivity contribution in [2.24, 2.45) is 5.73 Å². The van der Waals surface area contributed by atoms with Gasteiger partial charge in [0.2, 0.25) is 0 Å². The average molecular weight is 338 g/mol. The van der Waals surface area contributed by atoms with Gasteiger partial charge >= 0.3 is 7.12 Å². The molecule has 8 heteroatoms. The van der Waals surface area contributed by atoms with E-state index in [1.165, 1.54) is 0 Å². The molecule has 0 spiro atoms. The summed E-state index contributed by atoms with van der Waals surface area (Å²) in [6, 6.07) is 12.4. The zero-order chi connectivity index (χ0) is 18.0. The van der Waals surface area contributed by atoms with Crippen LogP contribution in [0.1, 0.15) is 36.1 Å². The summed E-state index contributed by atoms with van der Waals surface area (Å²) in [5, 5.41) is 10.2. The summed E-state index contributed by atoms with van der Waals surface area (Å²) in [5.41, 5.74) is 7.26. The number of fused-ring (bicyclic) bond motifs is 1. The van der Waals surface area contributed by atoms with Crippen molar-refractivity contribution in [3.63, 3.8) is 0 Å². The Morgan fingerprint density at radius 1 is 1.24 bits per heavy atom. The Kier molecular flexibility index (Phi) is 4.82. The van der Waals surface area contributed by atoms with Crippen LogP contribution in [0.5, 0.6) is 0 Å². The highest BCUT2D eigenvalue weighted by atomic mass is 16.5. The Hall–Kier alpha value is -2.71. The Bertz CT molecular complexity index is 896. The summed E-state index contributed by atoms with van der Waals surface area (Å²) in [6.07, 6.45) is 0. The van der Waals surface area contributed by atoms with Crippen LogP contribution in [-0.4, -0.2) is 32.6 Å². The van der Waals surface area contributed by atoms with Gasteiger partial charge in [0.05, 0.1) is 5.52 Å². The van der Waals surface area contributed by atoms with Crippen LogP contribution in [0.3, 0.4) is 0 Å². The number of imidazole rings is 1. The molecule has 0 unspecified atom stereocenters. The molecule has 0 radical (unpaired) electrons. The molecule has 0 aliphatic carbocycles. The van der Waals surface area contributed by atoms with Gasteiger partial charge in [0.25, 0.3) is 5.91 Å². The minimum absolute atomic E-state index is 0.109. The van der Waals surface area contributed by atoms with Gasteiger partial charge in [-0.15, -0.1) is 0 Å². The van der Waals surface area contributed by atoms with Gasteiger partial charge in [0, 0.05) is 5.92 Å². The van der Waals surface area contributed by atoms with Gasteiger partial charge in [0.1, 0.15) is 18.2 Å². The van der Waals surface area contributed by atoms with E-state index in [0.717, 1.165) is 5.82 Å². The molecule has 0 atom stereocenters. The van der Waals surface area contributed by atoms with Crippen molar-refractivity contribution in [1.82, 2.24) is 14.5 Å². The van der Waals surface area contributed by atoms with Gasteiger partial charge in [-0.2, -0.15) is 0 Å². The molecule has 25 heavy (non-hydrogen) atoms. The van der Waals surface area contributed by atoms with Crippen molar-refractivity contribution < 1.29 is 14.5 Å². The van der Waals surface area contributed by atoms with Gasteiger partial charge in [-0.1, -0.05) is 44.2 Å². The van der Waals surface area contributed by atoms with Crippen LogP contribution in [0.25, 0.3) is 11.2 Å². The second-order valence-electron chi connectivity index (χ2n) is 6.02. The van der Waals surface area contributed by atoms with Crippen LogP contribution in [0.15, 0.2) is 42.5 Å². The van der Waals surface area contributed by atoms with Crippen LogP contribution in [-0.2, 0) is 11.4 Å². The standard InChI is InChI=1S/C17H19BN4O3/c1-11(2)17-21-16-14(9-8-13(20-16)15(19)23)22(17)10-25-18(24)12-6-4-3-5-7-12/h3-9,11,24H,10H2,1-2H3,(H2,19,23). The molecule has 0 aliphatic heterocycles. The van der Waals surface area contributed by atoms with Crippen molar-refractivity contribution in [3.8, 4) is 0 Å². The fourth-order valence-corrected chi connectivity index (χ4v) is 2.60. The second-order valence-corrected chi connectivity index (χ2v) is 6.02. The van der Waals surface area contributed by atoms with E-state index in [2.05, 4.69) is 9.97 Å². The van der Waals surface area contributed by atoms with Crippen LogP contribution in [0.2, 0.25) is 0 Å². The SMILES string of the molecule is CC(C)c1nc2nc(C(N)=O)ccc2n1COB(O)c1ccccc1. The molecule has 2 aromatic heterocycles. The Morgan fingerprint density at radius 2 is 1.96 bits per heavy atom. The minimum Gasteiger partial charge on any atom is -0.423 e. The first-order valence-corrected chi connectivity index (χ1v) is 7.99. The number of amides is 1. The highest BCUT2D eigenvalue weighted by Gasteiger charge is 2.20. The third kappa shape index (κ3) is 3.54. The van der Waals surface area contributed by atoms with Gasteiger partial charge < -0.3 is 20.0 Å². The van der Waals surface area contributed by atoms with Crippen molar-refractivity contribution in [3.05, 3.63) is 54.0 Å². The molecule has 0 saturated carbocycles. The topological polar surface area (TPSA) is 103 Å². The van der Waals surface area contributed by atoms with E-state index in [4.69, 9.17) is 10.4 Å². The lowest BCUT2D eigenvalue weighted by molar-refractivity contribution is 0.0996. The van der Waals surface area contributed by atoms with E-state index in [0.29, 0.717) is 16.6 Å². The number of rotatable bonds is 6. The molecule has 0 bridgehead atoms. The molecular weight excluding hydrogens is 319 g/mol. The normalized spacial score (nSPS) is 11.2. The second kappa shape index (κ2) is 7.04. The lowest BCUT2D eigenvalue weighted by Crippen LogP contribution is -2.34. The number of benzene rings is 1. The highest BCUT2D eigenvalue weighted by Crippen LogP contribution is 2.21. The Labute approximate surface area is 145 Å². The first kappa shape index (κ1) is 17.1. The third-order valence-corrected chi connectivity index (χ3v) is 3.86. The fraction of sp³-hybridized carbons (Fsp3) is 0.235. The molecule has 128 valence electrons. The molecule has 1 amide bonds. The van der Waals surface area contributed by atoms with E-state index in [-0.39, 0.29) is 18.3 Å². The van der Waals surface area contributed by atoms with Gasteiger partial charge in [-0.05, 0) is 17.6 Å². The summed E-state index contributed by atoms with van der Waals surface area (Å²) >= 11 is 0. The summed E-state index contributed by atoms with van der Waals surface area (Å²) in [4.78, 5) is 20.0. The molecule has 0 aliphatic rings. The minimum atomic E-state index is -1.04. The average Bonchev–Trinajstić information content (AvgIpc) is 2.98. The number of pyridine rings is 1. The monoisotopic (exact) mass is 338 g/mol. The molecule has 3 rings (SSSR count). The maximum atomic E-state index is 11.3. The summed E-state index contributed by atoms with van der Waals surface area (Å²) < 4.78 is 7.45. The largest absolute Gasteiger partial charge is 0.492 e. The first-order valence-electron chi connectivity index (χ1n) is 7.99. The van der Waals surface area contributed by atoms with E-state index in [1.54, 1.807) is 24.3 Å². The van der Waals surface area contributed by atoms with Crippen LogP contribution in [0.4, 0.5) is 0 Å². The first-order chi connectivity index (χ1) is 12.0. The number of hydrogen-bond donors (Lipinski definition) is 2. The van der Waals surface area contributed by atoms with Crippen molar-refractivity contribution in [2.45, 2.75) is 26.5 Å². The zero-order valence-corrected chi connectivity index (χ0v) is 14.1. The number of carbonyl (C=O) groups excluding carboxylic acids is 1. The Morgan fingerprint density at radius 3 is 2.60 bits per heavy atom. The summed E-state index contributed by atoms with van der Waals surface area (Å²) in [5.74, 6) is 0.270. The molecule has 3 aromatic rings. The lowest BCUT2D eigenvalue weighted by Gasteiger charge is -2.14. The smallest absolute Gasteiger partial charge is 0.423 e. The van der Waals surface area contributed by atoms with Crippen LogP contribution < -0.4 is 11.2 Å². The van der Waals surface area contributed by atoms with Crippen LogP contribution in [0, 0.1) is 0 Å². The number of nitrogens with two attached hydrogens (primary N) is 1. The maximum Gasteiger partial charge on any atom is 0.492 e. The Balaban J connectivity index is 1.91. The molecule has 7 nitrogen and oxygen atoms in total. The van der Waals surface area contributed by atoms with Crippen LogP contribution >= 0.6 is 0 Å². The molecular formula is C17H19BN4O3. The lowest BCUT2D eigenvalue weighted by atomic mass is 9.80. The summed E-state index contributed by atoms with van der Waals surface area (Å²) in [7, 11) is -1.04. The number of carbonyl (C=O) groups is 1. The molecule has 3 N–H and O–H groups in total. The van der Waals surface area contributed by atoms with Gasteiger partial charge in [-0.25, -0.2) is 9.97 Å². The molecule has 0 saturated heterocycles. The highest BCUT2D eigenvalue weighted by molar-refractivity contribution is 6.59. The number of hydrogen-bond acceptors (Lipinski definition) is 5. The van der Waals surface area contributed by atoms with Crippen molar-refractivity contribution >= 4 is 29.7 Å². The van der Waals surface area contributed by atoms with E-state index >= 15 is 0 Å². The summed E-state index contributed by atoms with van der Waals surface area (Å²) in [6.45, 7) is 4.11. The van der Waals surface area contributed by atoms with Gasteiger partial charge in [-0.3, -0.25) is 4.79 Å². The predicted molar refractivity (Wildman–Crippen MR) is 95.3 cm³/mol. The molecule has 2 heterocycles. The zero-order valence-electron chi connectivity index (χ0n) is 14.1. The predicted octanol–water partition coefficient (Wildman–Crippen LogP) is 1.02.